The van der Waals surface area contributed by atoms with Crippen LogP contribution in [-0.4, -0.2) is 13.2 Å². The summed E-state index contributed by atoms with van der Waals surface area (Å²) >= 11 is 0. The Hall–Kier alpha value is -2.45. The molecule has 2 aromatic rings. The molecule has 1 aliphatic carbocycles. The standard InChI is InChI=1S/C19H21N3O/c20-22-21-13-15-10-11-16(12-15)14-23-19-9-5-4-8-18(19)17-6-2-1-3-7-17/h1-9,15-16H,10-14H2/t15-,16-/m0/s1. The minimum absolute atomic E-state index is 0.517. The van der Waals surface area contributed by atoms with Crippen LogP contribution in [0.1, 0.15) is 19.3 Å². The number of nitrogens with zero attached hydrogens (tertiary/aromatic N) is 3. The van der Waals surface area contributed by atoms with E-state index in [1.54, 1.807) is 0 Å². The van der Waals surface area contributed by atoms with E-state index in [0.29, 0.717) is 18.4 Å². The van der Waals surface area contributed by atoms with Gasteiger partial charge in [0.1, 0.15) is 5.75 Å². The molecule has 1 aliphatic rings. The Morgan fingerprint density at radius 2 is 1.74 bits per heavy atom. The van der Waals surface area contributed by atoms with Crippen molar-refractivity contribution in [1.29, 1.82) is 0 Å². The van der Waals surface area contributed by atoms with Gasteiger partial charge in [-0.05, 0) is 48.3 Å². The molecule has 3 rings (SSSR count). The predicted molar refractivity (Wildman–Crippen MR) is 92.2 cm³/mol. The van der Waals surface area contributed by atoms with Crippen LogP contribution in [0.5, 0.6) is 5.75 Å². The summed E-state index contributed by atoms with van der Waals surface area (Å²) in [5.74, 6) is 2.01. The molecule has 2 atom stereocenters. The van der Waals surface area contributed by atoms with Gasteiger partial charge in [-0.15, -0.1) is 0 Å². The summed E-state index contributed by atoms with van der Waals surface area (Å²) in [7, 11) is 0. The fraction of sp³-hybridized carbons (Fsp3) is 0.368. The van der Waals surface area contributed by atoms with Crippen LogP contribution in [0.2, 0.25) is 0 Å². The lowest BCUT2D eigenvalue weighted by Crippen LogP contribution is -2.10. The first-order valence-corrected chi connectivity index (χ1v) is 8.15. The van der Waals surface area contributed by atoms with Crippen molar-refractivity contribution in [3.8, 4) is 16.9 Å². The minimum atomic E-state index is 0.517. The highest BCUT2D eigenvalue weighted by molar-refractivity contribution is 5.70. The summed E-state index contributed by atoms with van der Waals surface area (Å²) in [5, 5.41) is 3.70. The van der Waals surface area contributed by atoms with Crippen molar-refractivity contribution in [2.45, 2.75) is 19.3 Å². The van der Waals surface area contributed by atoms with Crippen molar-refractivity contribution in [3.05, 3.63) is 65.0 Å². The molecule has 1 saturated carbocycles. The molecule has 0 bridgehead atoms. The van der Waals surface area contributed by atoms with E-state index in [2.05, 4.69) is 28.2 Å². The Bertz CT molecular complexity index is 680. The van der Waals surface area contributed by atoms with Gasteiger partial charge < -0.3 is 4.74 Å². The number of azide groups is 1. The van der Waals surface area contributed by atoms with Crippen LogP contribution < -0.4 is 4.74 Å². The molecular weight excluding hydrogens is 286 g/mol. The molecule has 4 heteroatoms. The zero-order chi connectivity index (χ0) is 15.9. The molecular formula is C19H21N3O. The van der Waals surface area contributed by atoms with Crippen molar-refractivity contribution >= 4 is 0 Å². The van der Waals surface area contributed by atoms with E-state index in [1.807, 2.05) is 36.4 Å². The maximum absolute atomic E-state index is 8.42. The first-order chi connectivity index (χ1) is 11.4. The number of hydrogen-bond acceptors (Lipinski definition) is 2. The van der Waals surface area contributed by atoms with E-state index >= 15 is 0 Å². The lowest BCUT2D eigenvalue weighted by Gasteiger charge is -2.15. The third kappa shape index (κ3) is 4.05. The first kappa shape index (κ1) is 15.4. The van der Waals surface area contributed by atoms with E-state index in [4.69, 9.17) is 10.3 Å². The number of para-hydroxylation sites is 1. The van der Waals surface area contributed by atoms with Crippen LogP contribution in [0.25, 0.3) is 21.6 Å². The third-order valence-electron chi connectivity index (χ3n) is 4.50. The topological polar surface area (TPSA) is 58.0 Å². The second-order valence-corrected chi connectivity index (χ2v) is 6.13. The first-order valence-electron chi connectivity index (χ1n) is 8.15. The number of hydrogen-bond donors (Lipinski definition) is 0. The number of ether oxygens (including phenoxy) is 1. The second kappa shape index (κ2) is 7.70. The molecule has 0 aromatic heterocycles. The zero-order valence-corrected chi connectivity index (χ0v) is 13.1. The van der Waals surface area contributed by atoms with Crippen LogP contribution in [0.4, 0.5) is 0 Å². The lowest BCUT2D eigenvalue weighted by atomic mass is 10.0. The summed E-state index contributed by atoms with van der Waals surface area (Å²) in [6, 6.07) is 18.5. The van der Waals surface area contributed by atoms with Gasteiger partial charge in [0.05, 0.1) is 6.61 Å². The zero-order valence-electron chi connectivity index (χ0n) is 13.1. The molecule has 0 spiro atoms. The Labute approximate surface area is 136 Å². The highest BCUT2D eigenvalue weighted by atomic mass is 16.5. The maximum atomic E-state index is 8.42. The quantitative estimate of drug-likeness (QED) is 0.397. The van der Waals surface area contributed by atoms with Crippen molar-refractivity contribution in [2.75, 3.05) is 13.2 Å². The van der Waals surface area contributed by atoms with E-state index in [0.717, 1.165) is 37.2 Å². The average Bonchev–Trinajstić information content (AvgIpc) is 3.07. The van der Waals surface area contributed by atoms with Crippen LogP contribution in [-0.2, 0) is 0 Å². The molecule has 0 heterocycles. The minimum Gasteiger partial charge on any atom is -0.493 e. The van der Waals surface area contributed by atoms with E-state index in [1.165, 1.54) is 5.56 Å². The van der Waals surface area contributed by atoms with Gasteiger partial charge in [0.2, 0.25) is 0 Å². The maximum Gasteiger partial charge on any atom is 0.127 e. The second-order valence-electron chi connectivity index (χ2n) is 6.13. The fourth-order valence-corrected chi connectivity index (χ4v) is 3.30. The van der Waals surface area contributed by atoms with Crippen LogP contribution >= 0.6 is 0 Å². The van der Waals surface area contributed by atoms with E-state index < -0.39 is 0 Å². The normalized spacial score (nSPS) is 20.0. The van der Waals surface area contributed by atoms with Gasteiger partial charge >= 0.3 is 0 Å². The summed E-state index contributed by atoms with van der Waals surface area (Å²) in [6.45, 7) is 1.35. The molecule has 23 heavy (non-hydrogen) atoms. The van der Waals surface area contributed by atoms with Gasteiger partial charge in [0.25, 0.3) is 0 Å². The third-order valence-corrected chi connectivity index (χ3v) is 4.50. The van der Waals surface area contributed by atoms with Gasteiger partial charge in [-0.1, -0.05) is 53.6 Å². The van der Waals surface area contributed by atoms with Crippen LogP contribution in [0.3, 0.4) is 0 Å². The molecule has 2 aromatic carbocycles. The van der Waals surface area contributed by atoms with Crippen LogP contribution in [0.15, 0.2) is 59.7 Å². The molecule has 118 valence electrons. The van der Waals surface area contributed by atoms with Gasteiger partial charge in [0.15, 0.2) is 0 Å². The Morgan fingerprint density at radius 1 is 1.00 bits per heavy atom. The molecule has 0 N–H and O–H groups in total. The number of rotatable bonds is 6. The van der Waals surface area contributed by atoms with Crippen molar-refractivity contribution < 1.29 is 4.74 Å². The summed E-state index contributed by atoms with van der Waals surface area (Å²) < 4.78 is 6.12. The summed E-state index contributed by atoms with van der Waals surface area (Å²) in [4.78, 5) is 2.86. The van der Waals surface area contributed by atoms with E-state index in [9.17, 15) is 0 Å². The molecule has 1 fully saturated rings. The summed E-state index contributed by atoms with van der Waals surface area (Å²) in [5.41, 5.74) is 10.7. The van der Waals surface area contributed by atoms with Crippen molar-refractivity contribution in [3.63, 3.8) is 0 Å². The molecule has 0 unspecified atom stereocenters. The molecule has 0 radical (unpaired) electrons. The average molecular weight is 307 g/mol. The number of benzene rings is 2. The monoisotopic (exact) mass is 307 g/mol. The fourth-order valence-electron chi connectivity index (χ4n) is 3.30. The van der Waals surface area contributed by atoms with Gasteiger partial charge in [-0.3, -0.25) is 0 Å². The van der Waals surface area contributed by atoms with Gasteiger partial charge in [-0.25, -0.2) is 0 Å². The smallest absolute Gasteiger partial charge is 0.127 e. The SMILES string of the molecule is [N-]=[N+]=NC[C@H]1CC[C@H](COc2ccccc2-c2ccccc2)C1. The Morgan fingerprint density at radius 3 is 2.57 bits per heavy atom. The molecule has 0 saturated heterocycles. The molecule has 0 aliphatic heterocycles. The highest BCUT2D eigenvalue weighted by Gasteiger charge is 2.24. The summed E-state index contributed by atoms with van der Waals surface area (Å²) in [6.07, 6.45) is 3.37. The largest absolute Gasteiger partial charge is 0.493 e. The molecule has 4 nitrogen and oxygen atoms in total. The van der Waals surface area contributed by atoms with Crippen LogP contribution in [0, 0.1) is 11.8 Å². The van der Waals surface area contributed by atoms with Crippen molar-refractivity contribution in [1.82, 2.24) is 0 Å². The molecule has 0 amide bonds. The highest BCUT2D eigenvalue weighted by Crippen LogP contribution is 2.34. The van der Waals surface area contributed by atoms with E-state index in [-0.39, 0.29) is 0 Å². The van der Waals surface area contributed by atoms with Gasteiger partial charge in [-0.2, -0.15) is 0 Å². The predicted octanol–water partition coefficient (Wildman–Crippen LogP) is 5.46. The van der Waals surface area contributed by atoms with Crippen molar-refractivity contribution in [2.24, 2.45) is 17.0 Å². The van der Waals surface area contributed by atoms with Gasteiger partial charge in [0, 0.05) is 17.0 Å². The Balaban J connectivity index is 1.62. The Kier molecular flexibility index (Phi) is 5.17. The lowest BCUT2D eigenvalue weighted by molar-refractivity contribution is 0.249.